The summed E-state index contributed by atoms with van der Waals surface area (Å²) in [5.74, 6) is 0.989. The number of thiazole rings is 1. The van der Waals surface area contributed by atoms with Gasteiger partial charge in [0.05, 0.1) is 22.4 Å². The zero-order valence-electron chi connectivity index (χ0n) is 22.8. The van der Waals surface area contributed by atoms with Crippen molar-refractivity contribution in [3.63, 3.8) is 0 Å². The van der Waals surface area contributed by atoms with E-state index in [9.17, 15) is 9.90 Å². The van der Waals surface area contributed by atoms with Gasteiger partial charge in [-0.25, -0.2) is 9.97 Å². The van der Waals surface area contributed by atoms with E-state index in [1.54, 1.807) is 35.7 Å². The maximum absolute atomic E-state index is 11.1. The van der Waals surface area contributed by atoms with Crippen molar-refractivity contribution in [2.24, 2.45) is 0 Å². The van der Waals surface area contributed by atoms with Crippen LogP contribution in [0.5, 0.6) is 11.6 Å². The molecule has 2 N–H and O–H groups in total. The molecule has 0 unspecified atom stereocenters. The molecule has 10 heteroatoms. The fraction of sp³-hybridized carbons (Fsp3) is 0.379. The lowest BCUT2D eigenvalue weighted by atomic mass is 9.76. The number of amides is 1. The van der Waals surface area contributed by atoms with Crippen LogP contribution in [0.2, 0.25) is 0 Å². The topological polar surface area (TPSA) is 110 Å². The van der Waals surface area contributed by atoms with E-state index in [0.717, 1.165) is 27.4 Å². The number of ether oxygens (including phenoxy) is 2. The molecule has 206 valence electrons. The first-order valence-corrected chi connectivity index (χ1v) is 13.6. The highest BCUT2D eigenvalue weighted by Gasteiger charge is 2.39. The molecule has 2 aromatic carbocycles. The van der Waals surface area contributed by atoms with Crippen LogP contribution in [-0.4, -0.2) is 63.8 Å². The predicted octanol–water partition coefficient (Wildman–Crippen LogP) is 5.54. The Hall–Kier alpha value is -3.60. The second-order valence-corrected chi connectivity index (χ2v) is 11.4. The number of nitrogens with zero attached hydrogens (tertiary/aromatic N) is 4. The molecule has 0 spiro atoms. The molecule has 4 aromatic rings. The van der Waals surface area contributed by atoms with Gasteiger partial charge in [0.25, 0.3) is 0 Å². The van der Waals surface area contributed by atoms with Crippen LogP contribution in [0.3, 0.4) is 0 Å². The van der Waals surface area contributed by atoms with Crippen LogP contribution in [0.4, 0.5) is 10.8 Å². The Kier molecular flexibility index (Phi) is 9.11. The predicted molar refractivity (Wildman–Crippen MR) is 154 cm³/mol. The van der Waals surface area contributed by atoms with Gasteiger partial charge in [-0.3, -0.25) is 9.78 Å². The molecule has 0 aliphatic carbocycles. The number of piperidine rings is 1. The summed E-state index contributed by atoms with van der Waals surface area (Å²) in [5, 5.41) is 14.4. The minimum Gasteiger partial charge on any atom is -0.437 e. The number of aliphatic hydroxyl groups excluding tert-OH is 1. The van der Waals surface area contributed by atoms with Crippen molar-refractivity contribution in [2.45, 2.75) is 44.6 Å². The summed E-state index contributed by atoms with van der Waals surface area (Å²) in [5.41, 5.74) is 1.94. The van der Waals surface area contributed by atoms with E-state index in [1.807, 2.05) is 63.2 Å². The molecule has 0 bridgehead atoms. The summed E-state index contributed by atoms with van der Waals surface area (Å²) < 4.78 is 12.2. The van der Waals surface area contributed by atoms with Gasteiger partial charge in [0.2, 0.25) is 12.3 Å². The van der Waals surface area contributed by atoms with Crippen molar-refractivity contribution in [1.82, 2.24) is 19.9 Å². The summed E-state index contributed by atoms with van der Waals surface area (Å²) in [6.07, 6.45) is 5.23. The van der Waals surface area contributed by atoms with Gasteiger partial charge < -0.3 is 24.8 Å². The molecule has 0 radical (unpaired) electrons. The molecule has 0 atom stereocenters. The Morgan fingerprint density at radius 2 is 1.74 bits per heavy atom. The van der Waals surface area contributed by atoms with Crippen LogP contribution in [-0.2, 0) is 14.9 Å². The molecule has 1 amide bonds. The smallest absolute Gasteiger partial charge is 0.241 e. The van der Waals surface area contributed by atoms with Crippen molar-refractivity contribution in [3.8, 4) is 11.6 Å². The molecular formula is C29H35N5O4S. The Morgan fingerprint density at radius 3 is 2.36 bits per heavy atom. The lowest BCUT2D eigenvalue weighted by Gasteiger charge is -2.39. The highest BCUT2D eigenvalue weighted by molar-refractivity contribution is 7.22. The number of rotatable bonds is 7. The van der Waals surface area contributed by atoms with E-state index in [0.29, 0.717) is 43.3 Å². The Bertz CT molecular complexity index is 1330. The van der Waals surface area contributed by atoms with Crippen molar-refractivity contribution in [2.75, 3.05) is 32.1 Å². The van der Waals surface area contributed by atoms with Crippen molar-refractivity contribution in [3.05, 3.63) is 66.6 Å². The summed E-state index contributed by atoms with van der Waals surface area (Å²) in [7, 11) is 1.71. The molecule has 39 heavy (non-hydrogen) atoms. The number of hydrogen-bond acceptors (Lipinski definition) is 9. The number of nitrogens with one attached hydrogen (secondary N) is 1. The summed E-state index contributed by atoms with van der Waals surface area (Å²) >= 11 is 1.60. The molecule has 1 saturated heterocycles. The standard InChI is InChI=1S/C24H23N5O3S.C5H12O/c30-15-24(9-13-29(16-31)14-10-24)21-22(26-12-11-25-21)32-18-7-5-17(6-8-18)27-23-28-19-3-1-2-4-20(19)33-23;1-5(2,3)6-4/h1-8,11-12,16,30H,9-10,13-15H2,(H,27,28);1-4H3. The molecule has 1 fully saturated rings. The first-order valence-electron chi connectivity index (χ1n) is 12.8. The second-order valence-electron chi connectivity index (χ2n) is 10.3. The first-order chi connectivity index (χ1) is 18.7. The lowest BCUT2D eigenvalue weighted by molar-refractivity contribution is -0.119. The number of methoxy groups -OCH3 is 1. The SMILES string of the molecule is COC(C)(C)C.O=CN1CCC(CO)(c2nccnc2Oc2ccc(Nc3nc4ccccc4s3)cc2)CC1. The van der Waals surface area contributed by atoms with Gasteiger partial charge in [-0.1, -0.05) is 23.5 Å². The van der Waals surface area contributed by atoms with Gasteiger partial charge in [-0.2, -0.15) is 0 Å². The monoisotopic (exact) mass is 549 g/mol. The van der Waals surface area contributed by atoms with Gasteiger partial charge in [-0.15, -0.1) is 0 Å². The number of aliphatic hydroxyl groups is 1. The third-order valence-corrected chi connectivity index (χ3v) is 7.55. The molecule has 1 aliphatic rings. The van der Waals surface area contributed by atoms with E-state index in [1.165, 1.54) is 0 Å². The minimum atomic E-state index is -0.586. The quantitative estimate of drug-likeness (QED) is 0.289. The summed E-state index contributed by atoms with van der Waals surface area (Å²) in [6, 6.07) is 15.6. The number of benzene rings is 2. The highest BCUT2D eigenvalue weighted by atomic mass is 32.1. The van der Waals surface area contributed by atoms with Crippen molar-refractivity contribution in [1.29, 1.82) is 0 Å². The van der Waals surface area contributed by atoms with Crippen molar-refractivity contribution < 1.29 is 19.4 Å². The lowest BCUT2D eigenvalue weighted by Crippen LogP contribution is -2.45. The third-order valence-electron chi connectivity index (χ3n) is 6.60. The number of carbonyl (C=O) groups is 1. The van der Waals surface area contributed by atoms with E-state index in [4.69, 9.17) is 9.47 Å². The number of carbonyl (C=O) groups excluding carboxylic acids is 1. The number of hydrogen-bond donors (Lipinski definition) is 2. The van der Waals surface area contributed by atoms with Gasteiger partial charge >= 0.3 is 0 Å². The number of aromatic nitrogens is 3. The van der Waals surface area contributed by atoms with E-state index in [-0.39, 0.29) is 12.2 Å². The molecular weight excluding hydrogens is 514 g/mol. The molecule has 3 heterocycles. The third kappa shape index (κ3) is 7.29. The minimum absolute atomic E-state index is 0.0417. The number of fused-ring (bicyclic) bond motifs is 1. The Balaban J connectivity index is 0.000000531. The summed E-state index contributed by atoms with van der Waals surface area (Å²) in [6.45, 7) is 7.10. The van der Waals surface area contributed by atoms with Crippen LogP contribution in [0, 0.1) is 0 Å². The molecule has 5 rings (SSSR count). The maximum Gasteiger partial charge on any atom is 0.241 e. The normalized spacial score (nSPS) is 14.8. The Morgan fingerprint density at radius 1 is 1.08 bits per heavy atom. The van der Waals surface area contributed by atoms with Gasteiger partial charge in [0.1, 0.15) is 11.4 Å². The maximum atomic E-state index is 11.1. The van der Waals surface area contributed by atoms with E-state index < -0.39 is 5.41 Å². The summed E-state index contributed by atoms with van der Waals surface area (Å²) in [4.78, 5) is 26.3. The fourth-order valence-corrected chi connectivity index (χ4v) is 4.94. The van der Waals surface area contributed by atoms with E-state index >= 15 is 0 Å². The number of para-hydroxylation sites is 1. The highest BCUT2D eigenvalue weighted by Crippen LogP contribution is 2.39. The second kappa shape index (κ2) is 12.5. The van der Waals surface area contributed by atoms with Crippen LogP contribution >= 0.6 is 11.3 Å². The zero-order valence-corrected chi connectivity index (χ0v) is 23.6. The number of anilines is 2. The Labute approximate surface area is 232 Å². The first kappa shape index (κ1) is 28.4. The van der Waals surface area contributed by atoms with E-state index in [2.05, 4.69) is 26.3 Å². The number of likely N-dealkylation sites (tertiary alicyclic amines) is 1. The zero-order chi connectivity index (χ0) is 27.9. The van der Waals surface area contributed by atoms with Gasteiger partial charge in [0, 0.05) is 43.7 Å². The average Bonchev–Trinajstić information content (AvgIpc) is 3.37. The van der Waals surface area contributed by atoms with Crippen LogP contribution < -0.4 is 10.1 Å². The fourth-order valence-electron chi connectivity index (χ4n) is 4.06. The largest absolute Gasteiger partial charge is 0.437 e. The van der Waals surface area contributed by atoms with Crippen molar-refractivity contribution >= 4 is 38.8 Å². The molecule has 2 aromatic heterocycles. The van der Waals surface area contributed by atoms with Crippen LogP contribution in [0.15, 0.2) is 60.9 Å². The van der Waals surface area contributed by atoms with Gasteiger partial charge in [-0.05, 0) is 70.0 Å². The molecule has 1 aliphatic heterocycles. The molecule has 9 nitrogen and oxygen atoms in total. The van der Waals surface area contributed by atoms with Crippen LogP contribution in [0.25, 0.3) is 10.2 Å². The average molecular weight is 550 g/mol. The molecule has 0 saturated carbocycles. The van der Waals surface area contributed by atoms with Crippen LogP contribution in [0.1, 0.15) is 39.3 Å². The van der Waals surface area contributed by atoms with Gasteiger partial charge in [0.15, 0.2) is 5.13 Å².